The van der Waals surface area contributed by atoms with Crippen molar-refractivity contribution in [3.63, 3.8) is 0 Å². The second kappa shape index (κ2) is 7.35. The Balaban J connectivity index is 1.37. The fourth-order valence-corrected chi connectivity index (χ4v) is 5.80. The van der Waals surface area contributed by atoms with E-state index in [2.05, 4.69) is 27.0 Å². The summed E-state index contributed by atoms with van der Waals surface area (Å²) in [5, 5.41) is 0. The number of H-pyrrole nitrogens is 1. The maximum atomic E-state index is 13.4. The van der Waals surface area contributed by atoms with E-state index >= 15 is 0 Å². The van der Waals surface area contributed by atoms with Crippen molar-refractivity contribution in [1.29, 1.82) is 0 Å². The van der Waals surface area contributed by atoms with Crippen LogP contribution in [0.15, 0.2) is 24.5 Å². The Bertz CT molecular complexity index is 753. The summed E-state index contributed by atoms with van der Waals surface area (Å²) in [6.45, 7) is 4.23. The van der Waals surface area contributed by atoms with Gasteiger partial charge in [-0.2, -0.15) is 0 Å². The van der Waals surface area contributed by atoms with Crippen molar-refractivity contribution in [2.24, 2.45) is 11.8 Å². The monoisotopic (exact) mass is 383 g/mol. The molecule has 5 heterocycles. The lowest BCUT2D eigenvalue weighted by atomic mass is 9.71. The van der Waals surface area contributed by atoms with Crippen LogP contribution >= 0.6 is 0 Å². The van der Waals surface area contributed by atoms with Crippen LogP contribution in [-0.4, -0.2) is 81.3 Å². The number of hydrogen-bond donors (Lipinski definition) is 1. The molecule has 1 N–H and O–H groups in total. The van der Waals surface area contributed by atoms with E-state index < -0.39 is 0 Å². The smallest absolute Gasteiger partial charge is 0.246 e. The average molecular weight is 383 g/mol. The average Bonchev–Trinajstić information content (AvgIpc) is 3.41. The van der Waals surface area contributed by atoms with Gasteiger partial charge in [0, 0.05) is 69.9 Å². The molecule has 0 spiro atoms. The molecule has 0 aromatic carbocycles. The number of rotatable bonds is 4. The molecule has 4 aliphatic rings. The lowest BCUT2D eigenvalue weighted by Crippen LogP contribution is -2.68. The molecular formula is C21H29N5O2. The minimum atomic E-state index is -0.277. The third-order valence-corrected chi connectivity index (χ3v) is 7.02. The second-order valence-electron chi connectivity index (χ2n) is 8.72. The molecule has 2 amide bonds. The second-order valence-corrected chi connectivity index (χ2v) is 8.72. The molecule has 3 saturated heterocycles. The van der Waals surface area contributed by atoms with Crippen LogP contribution in [0.3, 0.4) is 0 Å². The zero-order valence-electron chi connectivity index (χ0n) is 16.3. The van der Waals surface area contributed by atoms with Crippen LogP contribution in [0, 0.1) is 11.8 Å². The lowest BCUT2D eigenvalue weighted by Gasteiger charge is -2.56. The van der Waals surface area contributed by atoms with Gasteiger partial charge in [-0.05, 0) is 25.2 Å². The molecule has 150 valence electrons. The molecule has 1 aromatic heterocycles. The van der Waals surface area contributed by atoms with Crippen LogP contribution in [0.2, 0.25) is 0 Å². The minimum Gasteiger partial charge on any atom is -0.349 e. The Labute approximate surface area is 165 Å². The number of aromatic nitrogens is 2. The van der Waals surface area contributed by atoms with E-state index in [9.17, 15) is 9.59 Å². The van der Waals surface area contributed by atoms with Crippen molar-refractivity contribution in [2.75, 3.05) is 32.7 Å². The van der Waals surface area contributed by atoms with Gasteiger partial charge in [-0.1, -0.05) is 12.2 Å². The predicted octanol–water partition coefficient (Wildman–Crippen LogP) is 1.05. The van der Waals surface area contributed by atoms with Gasteiger partial charge < -0.3 is 19.7 Å². The molecule has 4 aliphatic heterocycles. The van der Waals surface area contributed by atoms with E-state index in [4.69, 9.17) is 0 Å². The largest absolute Gasteiger partial charge is 0.349 e. The van der Waals surface area contributed by atoms with Gasteiger partial charge in [0.05, 0.1) is 0 Å². The van der Waals surface area contributed by atoms with Crippen LogP contribution in [0.25, 0.3) is 0 Å². The highest BCUT2D eigenvalue weighted by Crippen LogP contribution is 2.42. The van der Waals surface area contributed by atoms with Crippen molar-refractivity contribution in [3.8, 4) is 0 Å². The van der Waals surface area contributed by atoms with E-state index in [0.717, 1.165) is 51.1 Å². The van der Waals surface area contributed by atoms with Gasteiger partial charge in [0.2, 0.25) is 11.8 Å². The van der Waals surface area contributed by atoms with Crippen LogP contribution in [0.5, 0.6) is 0 Å². The van der Waals surface area contributed by atoms with Crippen molar-refractivity contribution in [3.05, 3.63) is 30.4 Å². The highest BCUT2D eigenvalue weighted by molar-refractivity contribution is 5.89. The van der Waals surface area contributed by atoms with E-state index in [1.54, 1.807) is 6.20 Å². The minimum absolute atomic E-state index is 0.154. The van der Waals surface area contributed by atoms with Gasteiger partial charge in [0.1, 0.15) is 11.9 Å². The van der Waals surface area contributed by atoms with Crippen LogP contribution < -0.4 is 0 Å². The van der Waals surface area contributed by atoms with Crippen molar-refractivity contribution in [2.45, 2.75) is 44.2 Å². The quantitative estimate of drug-likeness (QED) is 0.789. The third kappa shape index (κ3) is 3.15. The molecule has 4 atom stereocenters. The molecular weight excluding hydrogens is 354 g/mol. The molecule has 7 nitrogen and oxygen atoms in total. The summed E-state index contributed by atoms with van der Waals surface area (Å²) in [7, 11) is 0. The summed E-state index contributed by atoms with van der Waals surface area (Å²) in [5.74, 6) is 2.09. The van der Waals surface area contributed by atoms with Gasteiger partial charge in [0.15, 0.2) is 0 Å². The molecule has 28 heavy (non-hydrogen) atoms. The van der Waals surface area contributed by atoms with E-state index in [1.807, 2.05) is 16.0 Å². The summed E-state index contributed by atoms with van der Waals surface area (Å²) in [6.07, 6.45) is 12.3. The number of aromatic amines is 1. The number of piperidine rings is 3. The van der Waals surface area contributed by atoms with Gasteiger partial charge in [0.25, 0.3) is 0 Å². The van der Waals surface area contributed by atoms with Crippen LogP contribution in [-0.2, 0) is 16.0 Å². The summed E-state index contributed by atoms with van der Waals surface area (Å²) >= 11 is 0. The highest BCUT2D eigenvalue weighted by Gasteiger charge is 2.52. The molecule has 0 unspecified atom stereocenters. The van der Waals surface area contributed by atoms with E-state index in [1.165, 1.54) is 0 Å². The number of fused-ring (bicyclic) bond motifs is 4. The van der Waals surface area contributed by atoms with Gasteiger partial charge >= 0.3 is 0 Å². The number of likely N-dealkylation sites (tertiary alicyclic amines) is 1. The standard InChI is InChI=1S/C21H29N5O2/c27-19-5-3-4-17-15-12-16(14-24(13-15)11-6-18-22-7-8-23-18)20(26(17)19)21(28)25-9-1-2-10-25/h1-2,7-8,15-17,20H,3-6,9-14H2,(H,22,23)/t15-,16+,17-,20+/m0/s1. The zero-order valence-corrected chi connectivity index (χ0v) is 16.3. The van der Waals surface area contributed by atoms with Crippen LogP contribution in [0.1, 0.15) is 31.5 Å². The molecule has 3 fully saturated rings. The molecule has 5 rings (SSSR count). The first kappa shape index (κ1) is 17.9. The lowest BCUT2D eigenvalue weighted by molar-refractivity contribution is -0.164. The third-order valence-electron chi connectivity index (χ3n) is 7.02. The van der Waals surface area contributed by atoms with E-state index in [0.29, 0.717) is 25.4 Å². The maximum absolute atomic E-state index is 13.4. The Morgan fingerprint density at radius 2 is 2.04 bits per heavy atom. The Morgan fingerprint density at radius 3 is 2.82 bits per heavy atom. The SMILES string of the molecule is O=C([C@H]1[C@@H]2C[C@@H](CN(CCc3ncc[nH]3)C2)[C@@H]2CCCC(=O)N21)N1CC=CC1. The fourth-order valence-electron chi connectivity index (χ4n) is 5.80. The number of amides is 2. The summed E-state index contributed by atoms with van der Waals surface area (Å²) in [4.78, 5) is 40.2. The maximum Gasteiger partial charge on any atom is 0.246 e. The molecule has 1 aromatic rings. The molecule has 0 saturated carbocycles. The molecule has 7 heteroatoms. The first-order chi connectivity index (χ1) is 13.7. The van der Waals surface area contributed by atoms with Crippen molar-refractivity contribution < 1.29 is 9.59 Å². The Morgan fingerprint density at radius 1 is 1.21 bits per heavy atom. The van der Waals surface area contributed by atoms with Gasteiger partial charge in [-0.25, -0.2) is 4.98 Å². The van der Waals surface area contributed by atoms with Gasteiger partial charge in [-0.15, -0.1) is 0 Å². The normalized spacial score (nSPS) is 32.6. The summed E-state index contributed by atoms with van der Waals surface area (Å²) in [5.41, 5.74) is 0. The van der Waals surface area contributed by atoms with Crippen molar-refractivity contribution >= 4 is 11.8 Å². The van der Waals surface area contributed by atoms with E-state index in [-0.39, 0.29) is 29.8 Å². The predicted molar refractivity (Wildman–Crippen MR) is 104 cm³/mol. The topological polar surface area (TPSA) is 72.5 Å². The fraction of sp³-hybridized carbons (Fsp3) is 0.667. The van der Waals surface area contributed by atoms with Gasteiger partial charge in [-0.3, -0.25) is 9.59 Å². The number of carbonyl (C=O) groups excluding carboxylic acids is 2. The number of carbonyl (C=O) groups is 2. The number of nitrogens with one attached hydrogen (secondary N) is 1. The number of nitrogens with zero attached hydrogens (tertiary/aromatic N) is 4. The first-order valence-electron chi connectivity index (χ1n) is 10.7. The molecule has 2 bridgehead atoms. The Kier molecular flexibility index (Phi) is 4.70. The zero-order chi connectivity index (χ0) is 19.1. The molecule has 0 radical (unpaired) electrons. The van der Waals surface area contributed by atoms with Crippen LogP contribution in [0.4, 0.5) is 0 Å². The first-order valence-corrected chi connectivity index (χ1v) is 10.7. The Hall–Kier alpha value is -2.15. The number of imidazole rings is 1. The summed E-state index contributed by atoms with van der Waals surface area (Å²) < 4.78 is 0. The number of hydrogen-bond acceptors (Lipinski definition) is 4. The van der Waals surface area contributed by atoms with Crippen molar-refractivity contribution in [1.82, 2.24) is 24.7 Å². The summed E-state index contributed by atoms with van der Waals surface area (Å²) in [6, 6.07) is -0.0474. The highest BCUT2D eigenvalue weighted by atomic mass is 16.2. The molecule has 0 aliphatic carbocycles.